The van der Waals surface area contributed by atoms with E-state index >= 15 is 0 Å². The first-order valence-electron chi connectivity index (χ1n) is 7.12. The van der Waals surface area contributed by atoms with Gasteiger partial charge in [-0.15, -0.1) is 0 Å². The first kappa shape index (κ1) is 14.3. The standard InChI is InChI=1S/C14H24N2O3/c1-14(6-4-3-5-11(14)17)9-15-13(19)10-7-12(18)16(2)8-10/h10-11,17H,3-9H2,1-2H3,(H,15,19). The average molecular weight is 268 g/mol. The molecular formula is C14H24N2O3. The molecule has 2 fully saturated rings. The van der Waals surface area contributed by atoms with Gasteiger partial charge in [0.1, 0.15) is 0 Å². The van der Waals surface area contributed by atoms with Gasteiger partial charge in [0.25, 0.3) is 0 Å². The van der Waals surface area contributed by atoms with Crippen molar-refractivity contribution in [1.29, 1.82) is 0 Å². The Morgan fingerprint density at radius 2 is 2.26 bits per heavy atom. The van der Waals surface area contributed by atoms with Crippen LogP contribution in [0.1, 0.15) is 39.0 Å². The van der Waals surface area contributed by atoms with Crippen molar-refractivity contribution in [2.75, 3.05) is 20.1 Å². The van der Waals surface area contributed by atoms with Gasteiger partial charge in [-0.25, -0.2) is 0 Å². The molecule has 19 heavy (non-hydrogen) atoms. The van der Waals surface area contributed by atoms with E-state index in [2.05, 4.69) is 5.32 Å². The van der Waals surface area contributed by atoms with Crippen molar-refractivity contribution < 1.29 is 14.7 Å². The maximum atomic E-state index is 12.1. The van der Waals surface area contributed by atoms with Gasteiger partial charge >= 0.3 is 0 Å². The third-order valence-corrected chi connectivity index (χ3v) is 4.66. The third-order valence-electron chi connectivity index (χ3n) is 4.66. The molecule has 2 aliphatic rings. The van der Waals surface area contributed by atoms with E-state index in [0.717, 1.165) is 25.7 Å². The Bertz CT molecular complexity index is 372. The van der Waals surface area contributed by atoms with Crippen LogP contribution in [0.2, 0.25) is 0 Å². The van der Waals surface area contributed by atoms with Crippen molar-refractivity contribution in [3.05, 3.63) is 0 Å². The Kier molecular flexibility index (Phi) is 4.13. The third kappa shape index (κ3) is 3.08. The number of aliphatic hydroxyl groups excluding tert-OH is 1. The highest BCUT2D eigenvalue weighted by molar-refractivity contribution is 5.89. The summed E-state index contributed by atoms with van der Waals surface area (Å²) in [5.74, 6) is -0.261. The summed E-state index contributed by atoms with van der Waals surface area (Å²) in [6, 6.07) is 0. The molecule has 5 nitrogen and oxygen atoms in total. The van der Waals surface area contributed by atoms with E-state index in [1.807, 2.05) is 6.92 Å². The summed E-state index contributed by atoms with van der Waals surface area (Å²) in [6.45, 7) is 3.04. The first-order chi connectivity index (χ1) is 8.92. The van der Waals surface area contributed by atoms with Gasteiger partial charge in [-0.05, 0) is 12.8 Å². The van der Waals surface area contributed by atoms with Crippen LogP contribution >= 0.6 is 0 Å². The Balaban J connectivity index is 1.85. The van der Waals surface area contributed by atoms with E-state index in [9.17, 15) is 14.7 Å². The van der Waals surface area contributed by atoms with Crippen LogP contribution in [0.3, 0.4) is 0 Å². The second-order valence-corrected chi connectivity index (χ2v) is 6.31. The predicted octanol–water partition coefficient (Wildman–Crippen LogP) is 0.522. The smallest absolute Gasteiger partial charge is 0.225 e. The van der Waals surface area contributed by atoms with Crippen LogP contribution in [-0.4, -0.2) is 48.1 Å². The fourth-order valence-electron chi connectivity index (χ4n) is 3.06. The minimum Gasteiger partial charge on any atom is -0.392 e. The number of aliphatic hydroxyl groups is 1. The zero-order chi connectivity index (χ0) is 14.0. The fraction of sp³-hybridized carbons (Fsp3) is 0.857. The van der Waals surface area contributed by atoms with Crippen molar-refractivity contribution in [2.24, 2.45) is 11.3 Å². The van der Waals surface area contributed by atoms with Gasteiger partial charge in [-0.1, -0.05) is 19.8 Å². The zero-order valence-electron chi connectivity index (χ0n) is 11.8. The molecule has 0 radical (unpaired) electrons. The summed E-state index contributed by atoms with van der Waals surface area (Å²) in [6.07, 6.45) is 3.89. The van der Waals surface area contributed by atoms with Crippen LogP contribution < -0.4 is 5.32 Å². The summed E-state index contributed by atoms with van der Waals surface area (Å²) in [7, 11) is 1.72. The number of rotatable bonds is 3. The second-order valence-electron chi connectivity index (χ2n) is 6.31. The molecule has 2 amide bonds. The summed E-state index contributed by atoms with van der Waals surface area (Å²) in [5, 5.41) is 13.0. The highest BCUT2D eigenvalue weighted by atomic mass is 16.3. The summed E-state index contributed by atoms with van der Waals surface area (Å²) in [5.41, 5.74) is -0.220. The Morgan fingerprint density at radius 3 is 2.84 bits per heavy atom. The van der Waals surface area contributed by atoms with E-state index < -0.39 is 0 Å². The molecule has 3 unspecified atom stereocenters. The molecule has 2 rings (SSSR count). The zero-order valence-corrected chi connectivity index (χ0v) is 11.8. The Labute approximate surface area is 114 Å². The van der Waals surface area contributed by atoms with E-state index in [1.54, 1.807) is 11.9 Å². The van der Waals surface area contributed by atoms with Crippen molar-refractivity contribution in [1.82, 2.24) is 10.2 Å². The molecule has 1 saturated heterocycles. The first-order valence-corrected chi connectivity index (χ1v) is 7.12. The lowest BCUT2D eigenvalue weighted by molar-refractivity contribution is -0.128. The maximum absolute atomic E-state index is 12.1. The molecule has 1 aliphatic heterocycles. The Morgan fingerprint density at radius 1 is 1.53 bits per heavy atom. The van der Waals surface area contributed by atoms with Gasteiger partial charge < -0.3 is 15.3 Å². The van der Waals surface area contributed by atoms with Gasteiger partial charge in [-0.2, -0.15) is 0 Å². The number of nitrogens with zero attached hydrogens (tertiary/aromatic N) is 1. The van der Waals surface area contributed by atoms with Gasteiger partial charge in [0.05, 0.1) is 12.0 Å². The average Bonchev–Trinajstić information content (AvgIpc) is 2.71. The number of amides is 2. The fourth-order valence-corrected chi connectivity index (χ4v) is 3.06. The van der Waals surface area contributed by atoms with Gasteiger partial charge in [0.2, 0.25) is 11.8 Å². The molecule has 0 bridgehead atoms. The van der Waals surface area contributed by atoms with Crippen LogP contribution in [0.5, 0.6) is 0 Å². The van der Waals surface area contributed by atoms with Gasteiger partial charge in [0.15, 0.2) is 0 Å². The van der Waals surface area contributed by atoms with E-state index in [0.29, 0.717) is 19.5 Å². The maximum Gasteiger partial charge on any atom is 0.225 e. The lowest BCUT2D eigenvalue weighted by Gasteiger charge is -2.38. The van der Waals surface area contributed by atoms with Gasteiger partial charge in [0, 0.05) is 32.0 Å². The second kappa shape index (κ2) is 5.49. The molecule has 1 saturated carbocycles. The molecule has 0 spiro atoms. The number of carbonyl (C=O) groups excluding carboxylic acids is 2. The van der Waals surface area contributed by atoms with Crippen molar-refractivity contribution >= 4 is 11.8 Å². The quantitative estimate of drug-likeness (QED) is 0.784. The number of nitrogens with one attached hydrogen (secondary N) is 1. The van der Waals surface area contributed by atoms with Crippen LogP contribution in [0, 0.1) is 11.3 Å². The van der Waals surface area contributed by atoms with Gasteiger partial charge in [-0.3, -0.25) is 9.59 Å². The van der Waals surface area contributed by atoms with E-state index in [-0.39, 0.29) is 29.3 Å². The largest absolute Gasteiger partial charge is 0.392 e. The molecular weight excluding hydrogens is 244 g/mol. The minimum atomic E-state index is -0.338. The topological polar surface area (TPSA) is 69.6 Å². The molecule has 1 aliphatic carbocycles. The molecule has 0 aromatic rings. The molecule has 3 atom stereocenters. The number of carbonyl (C=O) groups is 2. The van der Waals surface area contributed by atoms with Crippen LogP contribution in [-0.2, 0) is 9.59 Å². The molecule has 2 N–H and O–H groups in total. The van der Waals surface area contributed by atoms with E-state index in [1.165, 1.54) is 0 Å². The predicted molar refractivity (Wildman–Crippen MR) is 71.3 cm³/mol. The summed E-state index contributed by atoms with van der Waals surface area (Å²) >= 11 is 0. The monoisotopic (exact) mass is 268 g/mol. The van der Waals surface area contributed by atoms with Crippen LogP contribution in [0.4, 0.5) is 0 Å². The Hall–Kier alpha value is -1.10. The van der Waals surface area contributed by atoms with Crippen LogP contribution in [0.15, 0.2) is 0 Å². The lowest BCUT2D eigenvalue weighted by Crippen LogP contribution is -2.46. The molecule has 108 valence electrons. The van der Waals surface area contributed by atoms with Crippen molar-refractivity contribution in [3.8, 4) is 0 Å². The number of hydrogen-bond donors (Lipinski definition) is 2. The summed E-state index contributed by atoms with van der Waals surface area (Å²) in [4.78, 5) is 25.1. The normalized spacial score (nSPS) is 35.5. The molecule has 5 heteroatoms. The van der Waals surface area contributed by atoms with Crippen molar-refractivity contribution in [3.63, 3.8) is 0 Å². The SMILES string of the molecule is CN1CC(C(=O)NCC2(C)CCCCC2O)CC1=O. The van der Waals surface area contributed by atoms with Crippen LogP contribution in [0.25, 0.3) is 0 Å². The number of likely N-dealkylation sites (tertiary alicyclic amines) is 1. The highest BCUT2D eigenvalue weighted by Gasteiger charge is 2.37. The summed E-state index contributed by atoms with van der Waals surface area (Å²) < 4.78 is 0. The van der Waals surface area contributed by atoms with E-state index in [4.69, 9.17) is 0 Å². The number of hydrogen-bond acceptors (Lipinski definition) is 3. The lowest BCUT2D eigenvalue weighted by atomic mass is 9.73. The minimum absolute atomic E-state index is 0.0315. The highest BCUT2D eigenvalue weighted by Crippen LogP contribution is 2.35. The van der Waals surface area contributed by atoms with Crippen molar-refractivity contribution in [2.45, 2.75) is 45.1 Å². The molecule has 0 aromatic carbocycles. The molecule has 0 aromatic heterocycles. The molecule has 1 heterocycles.